The molecule has 3 aromatic carbocycles. The molecule has 0 saturated carbocycles. The van der Waals surface area contributed by atoms with Crippen molar-refractivity contribution in [3.05, 3.63) is 95.1 Å². The zero-order chi connectivity index (χ0) is 23.5. The molecule has 0 spiro atoms. The summed E-state index contributed by atoms with van der Waals surface area (Å²) in [4.78, 5) is 30.7. The lowest BCUT2D eigenvalue weighted by atomic mass is 9.97. The molecule has 1 atom stereocenters. The van der Waals surface area contributed by atoms with E-state index in [1.165, 1.54) is 4.90 Å². The fourth-order valence-corrected chi connectivity index (χ4v) is 4.39. The smallest absolute Gasteiger partial charge is 0.255 e. The second-order valence-electron chi connectivity index (χ2n) is 8.35. The van der Waals surface area contributed by atoms with Crippen molar-refractivity contribution in [3.63, 3.8) is 0 Å². The Morgan fingerprint density at radius 2 is 1.64 bits per heavy atom. The van der Waals surface area contributed by atoms with Crippen LogP contribution < -0.4 is 14.5 Å². The number of rotatable bonds is 5. The van der Waals surface area contributed by atoms with Gasteiger partial charge in [0.2, 0.25) is 5.91 Å². The number of methoxy groups -OCH3 is 1. The van der Waals surface area contributed by atoms with Gasteiger partial charge in [0.25, 0.3) is 5.91 Å². The van der Waals surface area contributed by atoms with Crippen molar-refractivity contribution in [2.75, 3.05) is 23.5 Å². The maximum atomic E-state index is 14.0. The summed E-state index contributed by atoms with van der Waals surface area (Å²) in [5.41, 5.74) is 5.18. The van der Waals surface area contributed by atoms with Crippen LogP contribution in [-0.4, -0.2) is 31.5 Å². The Morgan fingerprint density at radius 3 is 2.33 bits per heavy atom. The monoisotopic (exact) mass is 440 g/mol. The van der Waals surface area contributed by atoms with Gasteiger partial charge < -0.3 is 4.74 Å². The number of hydrogen-bond acceptors (Lipinski definition) is 3. The number of carbonyl (C=O) groups is 2. The summed E-state index contributed by atoms with van der Waals surface area (Å²) in [6.45, 7) is 5.84. The highest BCUT2D eigenvalue weighted by Gasteiger charge is 2.42. The molecule has 1 fully saturated rings. The van der Waals surface area contributed by atoms with E-state index in [0.29, 0.717) is 11.4 Å². The average molecular weight is 441 g/mol. The summed E-state index contributed by atoms with van der Waals surface area (Å²) in [6, 6.07) is 22.3. The van der Waals surface area contributed by atoms with Crippen molar-refractivity contribution in [2.45, 2.75) is 26.8 Å². The van der Waals surface area contributed by atoms with E-state index in [0.717, 1.165) is 28.0 Å². The summed E-state index contributed by atoms with van der Waals surface area (Å²) >= 11 is 0. The minimum Gasteiger partial charge on any atom is -0.495 e. The number of anilines is 2. The second kappa shape index (κ2) is 9.33. The molecule has 0 aliphatic carbocycles. The molecule has 33 heavy (non-hydrogen) atoms. The highest BCUT2D eigenvalue weighted by molar-refractivity contribution is 6.16. The molecular weight excluding hydrogens is 412 g/mol. The molecule has 168 valence electrons. The molecular formula is C28H28N2O3. The highest BCUT2D eigenvalue weighted by Crippen LogP contribution is 2.35. The van der Waals surface area contributed by atoms with Crippen LogP contribution in [0.25, 0.3) is 6.08 Å². The zero-order valence-electron chi connectivity index (χ0n) is 19.4. The third-order valence-corrected chi connectivity index (χ3v) is 5.93. The van der Waals surface area contributed by atoms with Crippen LogP contribution in [0.2, 0.25) is 0 Å². The predicted molar refractivity (Wildman–Crippen MR) is 133 cm³/mol. The Bertz CT molecular complexity index is 1220. The van der Waals surface area contributed by atoms with E-state index < -0.39 is 6.04 Å². The van der Waals surface area contributed by atoms with Crippen LogP contribution in [0, 0.1) is 13.8 Å². The summed E-state index contributed by atoms with van der Waals surface area (Å²) in [5.74, 6) is 0.254. The quantitative estimate of drug-likeness (QED) is 0.550. The Balaban J connectivity index is 1.84. The van der Waals surface area contributed by atoms with Crippen LogP contribution in [-0.2, 0) is 9.59 Å². The van der Waals surface area contributed by atoms with Crippen molar-refractivity contribution in [2.24, 2.45) is 0 Å². The molecule has 3 aromatic rings. The fourth-order valence-electron chi connectivity index (χ4n) is 4.39. The van der Waals surface area contributed by atoms with Gasteiger partial charge in [-0.15, -0.1) is 0 Å². The highest BCUT2D eigenvalue weighted by atomic mass is 16.5. The van der Waals surface area contributed by atoms with Gasteiger partial charge in [-0.05, 0) is 55.7 Å². The van der Waals surface area contributed by atoms with E-state index in [1.54, 1.807) is 18.1 Å². The van der Waals surface area contributed by atoms with Gasteiger partial charge in [0.1, 0.15) is 18.3 Å². The molecule has 0 radical (unpaired) electrons. The van der Waals surface area contributed by atoms with E-state index in [9.17, 15) is 9.59 Å². The lowest BCUT2D eigenvalue weighted by Gasteiger charge is -2.41. The molecule has 0 aromatic heterocycles. The van der Waals surface area contributed by atoms with E-state index in [-0.39, 0.29) is 18.4 Å². The largest absolute Gasteiger partial charge is 0.495 e. The van der Waals surface area contributed by atoms with E-state index in [4.69, 9.17) is 4.74 Å². The Kier molecular flexibility index (Phi) is 6.31. The third kappa shape index (κ3) is 4.40. The molecule has 1 saturated heterocycles. The third-order valence-electron chi connectivity index (χ3n) is 5.93. The Labute approximate surface area is 194 Å². The first-order chi connectivity index (χ1) is 15.9. The molecule has 2 amide bonds. The van der Waals surface area contributed by atoms with Gasteiger partial charge in [0, 0.05) is 5.69 Å². The molecule has 1 unspecified atom stereocenters. The SMILES string of the molecule is COc1ccccc1N1CC(=O)N(c2ccc(C)cc2C)C(C(C)=Cc2ccccc2)C1=O. The van der Waals surface area contributed by atoms with E-state index in [2.05, 4.69) is 0 Å². The number of piperazine rings is 1. The number of benzene rings is 3. The average Bonchev–Trinajstić information content (AvgIpc) is 2.81. The van der Waals surface area contributed by atoms with Gasteiger partial charge in [0.05, 0.1) is 12.8 Å². The van der Waals surface area contributed by atoms with Gasteiger partial charge >= 0.3 is 0 Å². The van der Waals surface area contributed by atoms with E-state index in [1.807, 2.05) is 93.6 Å². The maximum absolute atomic E-state index is 14.0. The fraction of sp³-hybridized carbons (Fsp3) is 0.214. The van der Waals surface area contributed by atoms with Gasteiger partial charge in [-0.25, -0.2) is 0 Å². The molecule has 1 aliphatic rings. The number of carbonyl (C=O) groups excluding carboxylic acids is 2. The summed E-state index contributed by atoms with van der Waals surface area (Å²) in [5, 5.41) is 0. The molecule has 5 heteroatoms. The van der Waals surface area contributed by atoms with Crippen LogP contribution in [0.4, 0.5) is 11.4 Å². The summed E-state index contributed by atoms with van der Waals surface area (Å²) in [6.07, 6.45) is 1.97. The van der Waals surface area contributed by atoms with Crippen molar-refractivity contribution in [1.82, 2.24) is 0 Å². The Morgan fingerprint density at radius 1 is 0.939 bits per heavy atom. The van der Waals surface area contributed by atoms with Crippen LogP contribution in [0.3, 0.4) is 0 Å². The van der Waals surface area contributed by atoms with Gasteiger partial charge in [-0.2, -0.15) is 0 Å². The molecule has 0 N–H and O–H groups in total. The minimum atomic E-state index is -0.766. The second-order valence-corrected chi connectivity index (χ2v) is 8.35. The van der Waals surface area contributed by atoms with Crippen molar-refractivity contribution in [1.29, 1.82) is 0 Å². The maximum Gasteiger partial charge on any atom is 0.255 e. The molecule has 1 aliphatic heterocycles. The normalized spacial score (nSPS) is 16.8. The standard InChI is InChI=1S/C28H28N2O3/c1-19-14-15-23(20(2)16-19)30-26(31)18-29(24-12-8-9-13-25(24)33-4)28(32)27(30)21(3)17-22-10-6-5-7-11-22/h5-17,27H,18H2,1-4H3. The predicted octanol–water partition coefficient (Wildman–Crippen LogP) is 5.16. The van der Waals surface area contributed by atoms with Crippen LogP contribution in [0.5, 0.6) is 5.75 Å². The first-order valence-corrected chi connectivity index (χ1v) is 11.0. The van der Waals surface area contributed by atoms with Crippen LogP contribution >= 0.6 is 0 Å². The van der Waals surface area contributed by atoms with Crippen molar-refractivity contribution in [3.8, 4) is 5.75 Å². The molecule has 5 nitrogen and oxygen atoms in total. The number of amides is 2. The summed E-state index contributed by atoms with van der Waals surface area (Å²) < 4.78 is 5.48. The zero-order valence-corrected chi connectivity index (χ0v) is 19.4. The summed E-state index contributed by atoms with van der Waals surface area (Å²) in [7, 11) is 1.56. The number of para-hydroxylation sites is 2. The topological polar surface area (TPSA) is 49.9 Å². The van der Waals surface area contributed by atoms with Crippen LogP contribution in [0.15, 0.2) is 78.4 Å². The number of hydrogen-bond donors (Lipinski definition) is 0. The first kappa shape index (κ1) is 22.3. The van der Waals surface area contributed by atoms with Gasteiger partial charge in [-0.1, -0.05) is 66.2 Å². The molecule has 4 rings (SSSR count). The van der Waals surface area contributed by atoms with Crippen molar-refractivity contribution < 1.29 is 14.3 Å². The molecule has 0 bridgehead atoms. The van der Waals surface area contributed by atoms with Crippen LogP contribution in [0.1, 0.15) is 23.6 Å². The lowest BCUT2D eigenvalue weighted by Crippen LogP contribution is -2.61. The first-order valence-electron chi connectivity index (χ1n) is 11.0. The van der Waals surface area contributed by atoms with Gasteiger partial charge in [0.15, 0.2) is 0 Å². The lowest BCUT2D eigenvalue weighted by molar-refractivity contribution is -0.127. The number of ether oxygens (including phenoxy) is 1. The van der Waals surface area contributed by atoms with Crippen molar-refractivity contribution >= 4 is 29.3 Å². The minimum absolute atomic E-state index is 0.0539. The Hall–Kier alpha value is -3.86. The number of aryl methyl sites for hydroxylation is 2. The van der Waals surface area contributed by atoms with E-state index >= 15 is 0 Å². The van der Waals surface area contributed by atoms with Gasteiger partial charge in [-0.3, -0.25) is 19.4 Å². The number of nitrogens with zero attached hydrogens (tertiary/aromatic N) is 2. The molecule has 1 heterocycles.